The van der Waals surface area contributed by atoms with Crippen molar-refractivity contribution in [2.45, 2.75) is 23.6 Å². The number of carbonyl (C=O) groups excluding carboxylic acids is 1. The highest BCUT2D eigenvalue weighted by Gasteiger charge is 2.26. The molecule has 0 saturated heterocycles. The number of thioether (sulfide) groups is 1. The van der Waals surface area contributed by atoms with Crippen LogP contribution in [0.25, 0.3) is 0 Å². The molecule has 0 radical (unpaired) electrons. The molecule has 0 aliphatic heterocycles. The van der Waals surface area contributed by atoms with Crippen LogP contribution < -0.4 is 10.5 Å². The number of nitrogens with zero attached hydrogens (tertiary/aromatic N) is 4. The Kier molecular flexibility index (Phi) is 8.02. The summed E-state index contributed by atoms with van der Waals surface area (Å²) < 4.78 is 5.76. The van der Waals surface area contributed by atoms with Gasteiger partial charge in [0.1, 0.15) is 34.6 Å². The Balaban J connectivity index is 2.53. The van der Waals surface area contributed by atoms with Crippen LogP contribution in [0.1, 0.15) is 34.4 Å². The molecule has 1 unspecified atom stereocenters. The minimum Gasteiger partial charge on any atom is -0.475 e. The molecule has 1 heterocycles. The van der Waals surface area contributed by atoms with E-state index in [-0.39, 0.29) is 17.0 Å². The van der Waals surface area contributed by atoms with Crippen molar-refractivity contribution in [1.29, 1.82) is 10.5 Å². The first-order chi connectivity index (χ1) is 13.9. The van der Waals surface area contributed by atoms with Gasteiger partial charge in [-0.05, 0) is 31.6 Å². The number of rotatable bonds is 9. The van der Waals surface area contributed by atoms with Gasteiger partial charge in [0.2, 0.25) is 11.8 Å². The average Bonchev–Trinajstić information content (AvgIpc) is 2.71. The first kappa shape index (κ1) is 22.2. The number of pyridine rings is 1. The molecule has 0 spiro atoms. The van der Waals surface area contributed by atoms with E-state index in [4.69, 9.17) is 10.5 Å². The zero-order chi connectivity index (χ0) is 21.4. The number of carbonyl (C=O) groups is 1. The number of amides is 1. The minimum absolute atomic E-state index is 0.170. The topological polar surface area (TPSA) is 116 Å². The molecule has 1 aromatic carbocycles. The monoisotopic (exact) mass is 409 g/mol. The van der Waals surface area contributed by atoms with Crippen molar-refractivity contribution in [2.75, 3.05) is 27.2 Å². The summed E-state index contributed by atoms with van der Waals surface area (Å²) >= 11 is 1.10. The summed E-state index contributed by atoms with van der Waals surface area (Å²) in [7, 11) is 3.83. The number of nitriles is 2. The van der Waals surface area contributed by atoms with E-state index in [1.807, 2.05) is 44.1 Å². The highest BCUT2D eigenvalue weighted by molar-refractivity contribution is 8.00. The number of hydrogen-bond donors (Lipinski definition) is 1. The normalized spacial score (nSPS) is 11.5. The number of ether oxygens (including phenoxy) is 1. The molecule has 7 nitrogen and oxygen atoms in total. The zero-order valence-electron chi connectivity index (χ0n) is 16.7. The summed E-state index contributed by atoms with van der Waals surface area (Å²) in [5.41, 5.74) is 7.43. The Morgan fingerprint density at radius 1 is 1.24 bits per heavy atom. The first-order valence-corrected chi connectivity index (χ1v) is 9.96. The van der Waals surface area contributed by atoms with Crippen LogP contribution in [0.15, 0.2) is 35.4 Å². The van der Waals surface area contributed by atoms with Gasteiger partial charge in [0, 0.05) is 6.54 Å². The number of primary amides is 1. The smallest absolute Gasteiger partial charge is 0.235 e. The summed E-state index contributed by atoms with van der Waals surface area (Å²) in [4.78, 5) is 18.5. The van der Waals surface area contributed by atoms with Crippen LogP contribution in [0, 0.1) is 22.7 Å². The van der Waals surface area contributed by atoms with Gasteiger partial charge >= 0.3 is 0 Å². The third kappa shape index (κ3) is 5.47. The molecule has 0 bridgehead atoms. The molecule has 0 fully saturated rings. The fourth-order valence-corrected chi connectivity index (χ4v) is 3.77. The average molecular weight is 410 g/mol. The third-order valence-corrected chi connectivity index (χ3v) is 5.44. The molecule has 2 rings (SSSR count). The Morgan fingerprint density at radius 2 is 1.90 bits per heavy atom. The van der Waals surface area contributed by atoms with E-state index in [0.29, 0.717) is 35.7 Å². The van der Waals surface area contributed by atoms with Crippen molar-refractivity contribution >= 4 is 17.7 Å². The lowest BCUT2D eigenvalue weighted by molar-refractivity contribution is -0.117. The molecule has 0 aliphatic rings. The van der Waals surface area contributed by atoms with E-state index in [1.54, 1.807) is 12.1 Å². The summed E-state index contributed by atoms with van der Waals surface area (Å²) in [5.74, 6) is -0.367. The van der Waals surface area contributed by atoms with E-state index >= 15 is 0 Å². The van der Waals surface area contributed by atoms with E-state index < -0.39 is 11.2 Å². The van der Waals surface area contributed by atoms with Crippen molar-refractivity contribution in [3.05, 3.63) is 52.6 Å². The van der Waals surface area contributed by atoms with E-state index in [2.05, 4.69) is 17.1 Å². The minimum atomic E-state index is -0.719. The summed E-state index contributed by atoms with van der Waals surface area (Å²) in [6.45, 7) is 2.84. The van der Waals surface area contributed by atoms with Gasteiger partial charge in [-0.2, -0.15) is 10.5 Å². The highest BCUT2D eigenvalue weighted by atomic mass is 32.2. The summed E-state index contributed by atoms with van der Waals surface area (Å²) in [6, 6.07) is 13.3. The van der Waals surface area contributed by atoms with Gasteiger partial charge in [0.25, 0.3) is 0 Å². The zero-order valence-corrected chi connectivity index (χ0v) is 17.5. The quantitative estimate of drug-likeness (QED) is 0.633. The second-order valence-electron chi connectivity index (χ2n) is 6.49. The lowest BCUT2D eigenvalue weighted by atomic mass is 10.0. The molecular formula is C21H23N5O2S. The summed E-state index contributed by atoms with van der Waals surface area (Å²) in [6.07, 6.45) is 0.457. The predicted octanol–water partition coefficient (Wildman–Crippen LogP) is 2.65. The van der Waals surface area contributed by atoms with Crippen molar-refractivity contribution in [3.63, 3.8) is 0 Å². The van der Waals surface area contributed by atoms with Crippen LogP contribution in [0.4, 0.5) is 0 Å². The number of aromatic nitrogens is 1. The second kappa shape index (κ2) is 10.5. The molecule has 1 aromatic heterocycles. The van der Waals surface area contributed by atoms with Crippen molar-refractivity contribution < 1.29 is 9.53 Å². The Morgan fingerprint density at radius 3 is 2.41 bits per heavy atom. The maximum Gasteiger partial charge on any atom is 0.235 e. The highest BCUT2D eigenvalue weighted by Crippen LogP contribution is 2.39. The number of benzene rings is 1. The van der Waals surface area contributed by atoms with Gasteiger partial charge in [0.15, 0.2) is 0 Å². The van der Waals surface area contributed by atoms with Crippen LogP contribution in [-0.4, -0.2) is 43.0 Å². The molecule has 29 heavy (non-hydrogen) atoms. The van der Waals surface area contributed by atoms with Crippen LogP contribution in [0.2, 0.25) is 0 Å². The second-order valence-corrected chi connectivity index (χ2v) is 7.58. The Labute approximate surface area is 175 Å². The predicted molar refractivity (Wildman–Crippen MR) is 111 cm³/mol. The Bertz CT molecular complexity index is 948. The summed E-state index contributed by atoms with van der Waals surface area (Å²) in [5, 5.41) is 19.0. The maximum absolute atomic E-state index is 12.1. The Hall–Kier alpha value is -3.07. The van der Waals surface area contributed by atoms with Crippen LogP contribution in [0.3, 0.4) is 0 Å². The van der Waals surface area contributed by atoms with Crippen LogP contribution >= 0.6 is 11.8 Å². The van der Waals surface area contributed by atoms with Crippen LogP contribution in [-0.2, 0) is 11.2 Å². The largest absolute Gasteiger partial charge is 0.475 e. The maximum atomic E-state index is 12.1. The van der Waals surface area contributed by atoms with E-state index in [0.717, 1.165) is 11.8 Å². The molecule has 2 N–H and O–H groups in total. The van der Waals surface area contributed by atoms with Gasteiger partial charge in [-0.25, -0.2) is 4.98 Å². The number of likely N-dealkylation sites (N-methyl/N-ethyl adjacent to an activating group) is 1. The molecule has 0 aliphatic carbocycles. The van der Waals surface area contributed by atoms with E-state index in [9.17, 15) is 15.3 Å². The fraction of sp³-hybridized carbons (Fsp3) is 0.333. The van der Waals surface area contributed by atoms with Crippen molar-refractivity contribution in [1.82, 2.24) is 9.88 Å². The van der Waals surface area contributed by atoms with Crippen LogP contribution in [0.5, 0.6) is 5.88 Å². The molecule has 1 amide bonds. The lowest BCUT2D eigenvalue weighted by Gasteiger charge is -2.18. The molecule has 150 valence electrons. The third-order valence-electron chi connectivity index (χ3n) is 4.18. The molecular weight excluding hydrogens is 386 g/mol. The standard InChI is InChI=1S/C21H23N5O2S/c1-4-15-16(12-22)20(28-11-10-26(2)3)25-21(17(15)13-23)29-18(19(24)27)14-8-6-5-7-9-14/h5-9,18H,4,10-11H2,1-3H3,(H2,24,27). The van der Waals surface area contributed by atoms with Gasteiger partial charge < -0.3 is 15.4 Å². The van der Waals surface area contributed by atoms with Crippen molar-refractivity contribution in [2.24, 2.45) is 5.73 Å². The molecule has 8 heteroatoms. The first-order valence-electron chi connectivity index (χ1n) is 9.08. The fourth-order valence-electron chi connectivity index (χ4n) is 2.72. The van der Waals surface area contributed by atoms with Gasteiger partial charge in [-0.15, -0.1) is 0 Å². The lowest BCUT2D eigenvalue weighted by Crippen LogP contribution is -2.21. The number of nitrogens with two attached hydrogens (primary N) is 1. The molecule has 1 atom stereocenters. The molecule has 2 aromatic rings. The number of hydrogen-bond acceptors (Lipinski definition) is 7. The van der Waals surface area contributed by atoms with E-state index in [1.165, 1.54) is 0 Å². The van der Waals surface area contributed by atoms with Crippen molar-refractivity contribution in [3.8, 4) is 18.0 Å². The van der Waals surface area contributed by atoms with Gasteiger partial charge in [-0.3, -0.25) is 4.79 Å². The molecule has 0 saturated carbocycles. The SMILES string of the molecule is CCc1c(C#N)c(OCCN(C)C)nc(SC(C(N)=O)c2ccccc2)c1C#N. The van der Waals surface area contributed by atoms with Gasteiger partial charge in [0.05, 0.1) is 5.56 Å². The van der Waals surface area contributed by atoms with Gasteiger partial charge in [-0.1, -0.05) is 49.0 Å².